The maximum Gasteiger partial charge on any atom is 0.319 e. The second-order valence-electron chi connectivity index (χ2n) is 6.86. The molecule has 22 heavy (non-hydrogen) atoms. The van der Waals surface area contributed by atoms with Crippen molar-refractivity contribution < 1.29 is 4.79 Å². The van der Waals surface area contributed by atoms with Gasteiger partial charge in [-0.05, 0) is 62.8 Å². The maximum absolute atomic E-state index is 11.8. The largest absolute Gasteiger partial charge is 0.336 e. The van der Waals surface area contributed by atoms with E-state index in [-0.39, 0.29) is 12.1 Å². The van der Waals surface area contributed by atoms with Crippen LogP contribution in [0, 0.1) is 0 Å². The molecule has 0 saturated heterocycles. The SMILES string of the molecule is CC(C)NC(=O)Nc1ccc2c(c1)CCN(C1CCC1)CC2. The van der Waals surface area contributed by atoms with Gasteiger partial charge >= 0.3 is 6.03 Å². The number of carbonyl (C=O) groups is 1. The fraction of sp³-hybridized carbons (Fsp3) is 0.611. The Kier molecular flexibility index (Phi) is 4.67. The molecule has 0 unspecified atom stereocenters. The first-order valence-electron chi connectivity index (χ1n) is 8.55. The fourth-order valence-electron chi connectivity index (χ4n) is 3.37. The number of nitrogens with one attached hydrogen (secondary N) is 2. The Bertz CT molecular complexity index is 537. The first-order valence-corrected chi connectivity index (χ1v) is 8.55. The van der Waals surface area contributed by atoms with Crippen molar-refractivity contribution in [2.24, 2.45) is 0 Å². The molecule has 2 aliphatic rings. The van der Waals surface area contributed by atoms with Crippen molar-refractivity contribution in [2.45, 2.75) is 58.0 Å². The Balaban J connectivity index is 1.64. The summed E-state index contributed by atoms with van der Waals surface area (Å²) in [5.41, 5.74) is 3.73. The van der Waals surface area contributed by atoms with Crippen LogP contribution < -0.4 is 10.6 Å². The molecule has 3 rings (SSSR count). The minimum Gasteiger partial charge on any atom is -0.336 e. The summed E-state index contributed by atoms with van der Waals surface area (Å²) in [4.78, 5) is 14.5. The molecule has 120 valence electrons. The first-order chi connectivity index (χ1) is 10.6. The van der Waals surface area contributed by atoms with Crippen LogP contribution in [0.15, 0.2) is 18.2 Å². The van der Waals surface area contributed by atoms with Crippen molar-refractivity contribution in [3.05, 3.63) is 29.3 Å². The van der Waals surface area contributed by atoms with Gasteiger partial charge in [-0.15, -0.1) is 0 Å². The highest BCUT2D eigenvalue weighted by atomic mass is 16.2. The Morgan fingerprint density at radius 3 is 2.55 bits per heavy atom. The van der Waals surface area contributed by atoms with Crippen LogP contribution >= 0.6 is 0 Å². The summed E-state index contributed by atoms with van der Waals surface area (Å²) in [5, 5.41) is 5.80. The van der Waals surface area contributed by atoms with Crippen LogP contribution in [0.25, 0.3) is 0 Å². The molecule has 1 aromatic carbocycles. The number of urea groups is 1. The summed E-state index contributed by atoms with van der Waals surface area (Å²) >= 11 is 0. The van der Waals surface area contributed by atoms with Crippen molar-refractivity contribution in [3.63, 3.8) is 0 Å². The minimum absolute atomic E-state index is 0.125. The highest BCUT2D eigenvalue weighted by Gasteiger charge is 2.26. The zero-order chi connectivity index (χ0) is 15.5. The predicted molar refractivity (Wildman–Crippen MR) is 90.4 cm³/mol. The molecule has 4 heteroatoms. The van der Waals surface area contributed by atoms with E-state index in [9.17, 15) is 4.79 Å². The molecule has 1 fully saturated rings. The number of benzene rings is 1. The zero-order valence-electron chi connectivity index (χ0n) is 13.7. The molecular weight excluding hydrogens is 274 g/mol. The standard InChI is InChI=1S/C18H27N3O/c1-13(2)19-18(22)20-16-7-6-14-8-10-21(17-4-3-5-17)11-9-15(14)12-16/h6-7,12-13,17H,3-5,8-11H2,1-2H3,(H2,19,20,22). The highest BCUT2D eigenvalue weighted by molar-refractivity contribution is 5.89. The molecule has 0 spiro atoms. The van der Waals surface area contributed by atoms with Crippen molar-refractivity contribution in [3.8, 4) is 0 Å². The van der Waals surface area contributed by atoms with E-state index in [1.807, 2.05) is 19.9 Å². The molecule has 2 N–H and O–H groups in total. The summed E-state index contributed by atoms with van der Waals surface area (Å²) < 4.78 is 0. The molecule has 2 amide bonds. The number of hydrogen-bond acceptors (Lipinski definition) is 2. The monoisotopic (exact) mass is 301 g/mol. The van der Waals surface area contributed by atoms with Crippen LogP contribution in [0.5, 0.6) is 0 Å². The molecule has 4 nitrogen and oxygen atoms in total. The third kappa shape index (κ3) is 3.61. The molecular formula is C18H27N3O. The van der Waals surface area contributed by atoms with Crippen molar-refractivity contribution in [1.29, 1.82) is 0 Å². The quantitative estimate of drug-likeness (QED) is 0.900. The van der Waals surface area contributed by atoms with Crippen LogP contribution in [0.1, 0.15) is 44.2 Å². The van der Waals surface area contributed by atoms with E-state index in [0.29, 0.717) is 0 Å². The van der Waals surface area contributed by atoms with Crippen LogP contribution in [0.2, 0.25) is 0 Å². The second kappa shape index (κ2) is 6.69. The average Bonchev–Trinajstić information content (AvgIpc) is 2.59. The van der Waals surface area contributed by atoms with Gasteiger partial charge in [0.05, 0.1) is 0 Å². The molecule has 1 aromatic rings. The predicted octanol–water partition coefficient (Wildman–Crippen LogP) is 3.17. The molecule has 1 heterocycles. The number of hydrogen-bond donors (Lipinski definition) is 2. The van der Waals surface area contributed by atoms with Gasteiger partial charge < -0.3 is 10.6 Å². The summed E-state index contributed by atoms with van der Waals surface area (Å²) in [6.45, 7) is 6.26. The molecule has 1 aliphatic heterocycles. The van der Waals surface area contributed by atoms with Crippen LogP contribution in [-0.4, -0.2) is 36.1 Å². The van der Waals surface area contributed by atoms with Crippen molar-refractivity contribution >= 4 is 11.7 Å². The number of nitrogens with zero attached hydrogens (tertiary/aromatic N) is 1. The van der Waals surface area contributed by atoms with E-state index in [1.165, 1.54) is 36.9 Å². The van der Waals surface area contributed by atoms with Crippen LogP contribution in [0.3, 0.4) is 0 Å². The van der Waals surface area contributed by atoms with Crippen LogP contribution in [-0.2, 0) is 12.8 Å². The Morgan fingerprint density at radius 2 is 1.91 bits per heavy atom. The highest BCUT2D eigenvalue weighted by Crippen LogP contribution is 2.28. The number of carbonyl (C=O) groups excluding carboxylic acids is 1. The summed E-state index contributed by atoms with van der Waals surface area (Å²) in [5.74, 6) is 0. The summed E-state index contributed by atoms with van der Waals surface area (Å²) in [7, 11) is 0. The Hall–Kier alpha value is -1.55. The lowest BCUT2D eigenvalue weighted by Gasteiger charge is -2.36. The number of amides is 2. The van der Waals surface area contributed by atoms with E-state index < -0.39 is 0 Å². The van der Waals surface area contributed by atoms with E-state index in [4.69, 9.17) is 0 Å². The lowest BCUT2D eigenvalue weighted by molar-refractivity contribution is 0.133. The van der Waals surface area contributed by atoms with Gasteiger partial charge in [0.1, 0.15) is 0 Å². The third-order valence-corrected chi connectivity index (χ3v) is 4.81. The van der Waals surface area contributed by atoms with E-state index >= 15 is 0 Å². The topological polar surface area (TPSA) is 44.4 Å². The van der Waals surface area contributed by atoms with Gasteiger partial charge in [-0.25, -0.2) is 4.79 Å². The Morgan fingerprint density at radius 1 is 1.18 bits per heavy atom. The van der Waals surface area contributed by atoms with Crippen LogP contribution in [0.4, 0.5) is 10.5 Å². The molecule has 0 atom stereocenters. The van der Waals surface area contributed by atoms with E-state index in [1.54, 1.807) is 0 Å². The summed E-state index contributed by atoms with van der Waals surface area (Å²) in [6, 6.07) is 7.21. The Labute approximate surface area is 133 Å². The van der Waals surface area contributed by atoms with Gasteiger partial charge in [0.15, 0.2) is 0 Å². The molecule has 0 aromatic heterocycles. The molecule has 1 aliphatic carbocycles. The summed E-state index contributed by atoms with van der Waals surface area (Å²) in [6.07, 6.45) is 6.36. The first kappa shape index (κ1) is 15.3. The molecule has 0 bridgehead atoms. The van der Waals surface area contributed by atoms with E-state index in [0.717, 1.165) is 31.1 Å². The number of fused-ring (bicyclic) bond motifs is 1. The molecule has 0 radical (unpaired) electrons. The van der Waals surface area contributed by atoms with Gasteiger partial charge in [0.25, 0.3) is 0 Å². The second-order valence-corrected chi connectivity index (χ2v) is 6.86. The number of rotatable bonds is 3. The minimum atomic E-state index is -0.125. The van der Waals surface area contributed by atoms with Crippen molar-refractivity contribution in [1.82, 2.24) is 10.2 Å². The third-order valence-electron chi connectivity index (χ3n) is 4.81. The van der Waals surface area contributed by atoms with Gasteiger partial charge in [-0.2, -0.15) is 0 Å². The number of anilines is 1. The van der Waals surface area contributed by atoms with Gasteiger partial charge in [-0.1, -0.05) is 12.5 Å². The molecule has 1 saturated carbocycles. The van der Waals surface area contributed by atoms with Gasteiger partial charge in [0, 0.05) is 30.9 Å². The van der Waals surface area contributed by atoms with E-state index in [2.05, 4.69) is 27.7 Å². The lowest BCUT2D eigenvalue weighted by atomic mass is 9.91. The zero-order valence-corrected chi connectivity index (χ0v) is 13.7. The van der Waals surface area contributed by atoms with Crippen molar-refractivity contribution in [2.75, 3.05) is 18.4 Å². The maximum atomic E-state index is 11.8. The van der Waals surface area contributed by atoms with Gasteiger partial charge in [0.2, 0.25) is 0 Å². The van der Waals surface area contributed by atoms with Gasteiger partial charge in [-0.3, -0.25) is 4.90 Å². The fourth-order valence-corrected chi connectivity index (χ4v) is 3.37. The lowest BCUT2D eigenvalue weighted by Crippen LogP contribution is -2.41. The smallest absolute Gasteiger partial charge is 0.319 e. The average molecular weight is 301 g/mol. The normalized spacial score (nSPS) is 19.2.